The lowest BCUT2D eigenvalue weighted by Crippen LogP contribution is -2.30. The van der Waals surface area contributed by atoms with Crippen LogP contribution in [0.4, 0.5) is 5.69 Å². The van der Waals surface area contributed by atoms with Crippen molar-refractivity contribution in [3.05, 3.63) is 21.6 Å². The molecule has 20 heavy (non-hydrogen) atoms. The molecular formula is C13H22ClN5O. The van der Waals surface area contributed by atoms with Gasteiger partial charge >= 0.3 is 0 Å². The van der Waals surface area contributed by atoms with Crippen LogP contribution in [0.1, 0.15) is 12.8 Å². The van der Waals surface area contributed by atoms with Gasteiger partial charge in [-0.15, -0.1) is 0 Å². The van der Waals surface area contributed by atoms with Gasteiger partial charge in [-0.1, -0.05) is 11.6 Å². The van der Waals surface area contributed by atoms with Crippen LogP contribution in [-0.4, -0.2) is 54.5 Å². The minimum atomic E-state index is -0.242. The number of nitrogens with zero attached hydrogens (tertiary/aromatic N) is 3. The largest absolute Gasteiger partial charge is 0.381 e. The van der Waals surface area contributed by atoms with Gasteiger partial charge in [0.1, 0.15) is 5.02 Å². The highest BCUT2D eigenvalue weighted by molar-refractivity contribution is 6.32. The monoisotopic (exact) mass is 299 g/mol. The van der Waals surface area contributed by atoms with Gasteiger partial charge in [0.2, 0.25) is 0 Å². The summed E-state index contributed by atoms with van der Waals surface area (Å²) >= 11 is 6.10. The summed E-state index contributed by atoms with van der Waals surface area (Å²) in [7, 11) is 3.91. The lowest BCUT2D eigenvalue weighted by molar-refractivity contribution is 0.367. The third-order valence-electron chi connectivity index (χ3n) is 3.19. The zero-order valence-electron chi connectivity index (χ0n) is 12.0. The van der Waals surface area contributed by atoms with Gasteiger partial charge < -0.3 is 15.5 Å². The summed E-state index contributed by atoms with van der Waals surface area (Å²) in [6.45, 7) is 2.89. The zero-order valence-corrected chi connectivity index (χ0v) is 12.8. The zero-order chi connectivity index (χ0) is 14.5. The minimum Gasteiger partial charge on any atom is -0.381 e. The summed E-state index contributed by atoms with van der Waals surface area (Å²) in [5.74, 6) is 0. The fourth-order valence-corrected chi connectivity index (χ4v) is 2.02. The molecule has 0 bridgehead atoms. The minimum absolute atomic E-state index is 0.213. The quantitative estimate of drug-likeness (QED) is 0.689. The molecule has 2 N–H and O–H groups in total. The van der Waals surface area contributed by atoms with Crippen molar-refractivity contribution in [1.29, 1.82) is 0 Å². The van der Waals surface area contributed by atoms with Crippen molar-refractivity contribution in [3.63, 3.8) is 0 Å². The van der Waals surface area contributed by atoms with Crippen molar-refractivity contribution < 1.29 is 0 Å². The highest BCUT2D eigenvalue weighted by atomic mass is 35.5. The Balaban J connectivity index is 1.89. The lowest BCUT2D eigenvalue weighted by Gasteiger charge is -2.12. The molecule has 2 rings (SSSR count). The molecule has 1 aliphatic rings. The summed E-state index contributed by atoms with van der Waals surface area (Å²) in [4.78, 5) is 14.0. The van der Waals surface area contributed by atoms with Crippen LogP contribution in [0, 0.1) is 0 Å². The number of nitrogens with one attached hydrogen (secondary N) is 2. The van der Waals surface area contributed by atoms with Crippen molar-refractivity contribution in [1.82, 2.24) is 20.0 Å². The van der Waals surface area contributed by atoms with Crippen LogP contribution in [0.15, 0.2) is 11.0 Å². The summed E-state index contributed by atoms with van der Waals surface area (Å²) in [5, 5.41) is 10.9. The molecule has 1 aliphatic carbocycles. The molecule has 0 amide bonds. The molecule has 0 radical (unpaired) electrons. The number of aromatic nitrogens is 2. The average molecular weight is 300 g/mol. The Bertz CT molecular complexity index is 498. The predicted octanol–water partition coefficient (Wildman–Crippen LogP) is 0.622. The van der Waals surface area contributed by atoms with E-state index in [1.807, 2.05) is 19.0 Å². The number of hydrogen-bond donors (Lipinski definition) is 2. The summed E-state index contributed by atoms with van der Waals surface area (Å²) in [6, 6.07) is 0.685. The van der Waals surface area contributed by atoms with Gasteiger partial charge in [-0.05, 0) is 26.9 Å². The van der Waals surface area contributed by atoms with Crippen LogP contribution in [0.25, 0.3) is 0 Å². The van der Waals surface area contributed by atoms with E-state index in [1.165, 1.54) is 17.5 Å². The summed E-state index contributed by atoms with van der Waals surface area (Å²) in [5.41, 5.74) is 0.365. The molecule has 0 unspecified atom stereocenters. The highest BCUT2D eigenvalue weighted by Gasteiger charge is 2.19. The standard InChI is InChI=1S/C13H22ClN5O/c1-18(2)7-8-19-13(20)12(14)11(9-17-19)16-6-5-15-10-3-4-10/h9-10,15-16H,3-8H2,1-2H3. The first-order chi connectivity index (χ1) is 9.58. The summed E-state index contributed by atoms with van der Waals surface area (Å²) < 4.78 is 1.40. The van der Waals surface area contributed by atoms with E-state index in [1.54, 1.807) is 6.20 Å². The van der Waals surface area contributed by atoms with Gasteiger partial charge in [0.25, 0.3) is 5.56 Å². The van der Waals surface area contributed by atoms with Crippen LogP contribution >= 0.6 is 11.6 Å². The van der Waals surface area contributed by atoms with Gasteiger partial charge in [-0.25, -0.2) is 4.68 Å². The number of likely N-dealkylation sites (N-methyl/N-ethyl adjacent to an activating group) is 1. The molecule has 112 valence electrons. The van der Waals surface area contributed by atoms with Crippen LogP contribution in [0.2, 0.25) is 5.02 Å². The first-order valence-corrected chi connectivity index (χ1v) is 7.33. The molecule has 0 spiro atoms. The molecule has 0 atom stereocenters. The Kier molecular flexibility index (Phi) is 5.39. The van der Waals surface area contributed by atoms with Crippen molar-refractivity contribution >= 4 is 17.3 Å². The Morgan fingerprint density at radius 2 is 2.20 bits per heavy atom. The average Bonchev–Trinajstić information content (AvgIpc) is 3.22. The molecule has 0 aromatic carbocycles. The van der Waals surface area contributed by atoms with Crippen molar-refractivity contribution in [2.45, 2.75) is 25.4 Å². The third kappa shape index (κ3) is 4.47. The fraction of sp³-hybridized carbons (Fsp3) is 0.692. The van der Waals surface area contributed by atoms with Crippen LogP contribution in [-0.2, 0) is 6.54 Å². The number of hydrogen-bond acceptors (Lipinski definition) is 5. The molecule has 7 heteroatoms. The Morgan fingerprint density at radius 1 is 1.45 bits per heavy atom. The third-order valence-corrected chi connectivity index (χ3v) is 3.56. The maximum Gasteiger partial charge on any atom is 0.287 e. The Hall–Kier alpha value is -1.11. The van der Waals surface area contributed by atoms with E-state index in [0.717, 1.165) is 19.6 Å². The Labute approximate surface area is 124 Å². The van der Waals surface area contributed by atoms with E-state index in [9.17, 15) is 4.79 Å². The Morgan fingerprint density at radius 3 is 2.85 bits per heavy atom. The first-order valence-electron chi connectivity index (χ1n) is 6.95. The normalized spacial score (nSPS) is 14.8. The van der Waals surface area contributed by atoms with Crippen LogP contribution in [0.5, 0.6) is 0 Å². The second-order valence-electron chi connectivity index (χ2n) is 5.36. The fourth-order valence-electron chi connectivity index (χ4n) is 1.80. The molecule has 0 saturated heterocycles. The molecule has 1 fully saturated rings. The molecular weight excluding hydrogens is 278 g/mol. The maximum atomic E-state index is 12.0. The lowest BCUT2D eigenvalue weighted by atomic mass is 10.4. The topological polar surface area (TPSA) is 62.2 Å². The molecule has 1 aromatic rings. The van der Waals surface area contributed by atoms with Gasteiger partial charge in [0.15, 0.2) is 0 Å². The molecule has 6 nitrogen and oxygen atoms in total. The maximum absolute atomic E-state index is 12.0. The SMILES string of the molecule is CN(C)CCn1ncc(NCCNC2CC2)c(Cl)c1=O. The highest BCUT2D eigenvalue weighted by Crippen LogP contribution is 2.18. The van der Waals surface area contributed by atoms with E-state index in [2.05, 4.69) is 15.7 Å². The summed E-state index contributed by atoms with van der Waals surface area (Å²) in [6.07, 6.45) is 4.16. The molecule has 0 aliphatic heterocycles. The number of anilines is 1. The first kappa shape index (κ1) is 15.3. The van der Waals surface area contributed by atoms with E-state index < -0.39 is 0 Å². The van der Waals surface area contributed by atoms with Crippen molar-refractivity contribution in [2.75, 3.05) is 39.0 Å². The molecule has 1 saturated carbocycles. The number of halogens is 1. The van der Waals surface area contributed by atoms with Crippen LogP contribution < -0.4 is 16.2 Å². The van der Waals surface area contributed by atoms with Gasteiger partial charge in [-0.2, -0.15) is 5.10 Å². The van der Waals surface area contributed by atoms with Gasteiger partial charge in [-0.3, -0.25) is 4.79 Å². The second-order valence-corrected chi connectivity index (χ2v) is 5.74. The van der Waals surface area contributed by atoms with E-state index in [-0.39, 0.29) is 10.6 Å². The number of rotatable bonds is 8. The van der Waals surface area contributed by atoms with Gasteiger partial charge in [0.05, 0.1) is 18.4 Å². The predicted molar refractivity (Wildman–Crippen MR) is 81.6 cm³/mol. The molecule has 1 heterocycles. The molecule has 1 aromatic heterocycles. The van der Waals surface area contributed by atoms with Crippen molar-refractivity contribution in [3.8, 4) is 0 Å². The van der Waals surface area contributed by atoms with Gasteiger partial charge in [0, 0.05) is 25.7 Å². The van der Waals surface area contributed by atoms with Crippen molar-refractivity contribution in [2.24, 2.45) is 0 Å². The van der Waals surface area contributed by atoms with E-state index in [0.29, 0.717) is 18.3 Å². The van der Waals surface area contributed by atoms with E-state index >= 15 is 0 Å². The van der Waals surface area contributed by atoms with Crippen LogP contribution in [0.3, 0.4) is 0 Å². The second kappa shape index (κ2) is 7.06. The smallest absolute Gasteiger partial charge is 0.287 e. The van der Waals surface area contributed by atoms with E-state index in [4.69, 9.17) is 11.6 Å².